The molecule has 0 aromatic rings. The molecule has 504 valence electrons. The van der Waals surface area contributed by atoms with Crippen LogP contribution >= 0.6 is 0 Å². The summed E-state index contributed by atoms with van der Waals surface area (Å²) >= 11 is 0. The minimum Gasteiger partial charge on any atom is -0.396 e. The molecule has 13 atom stereocenters. The van der Waals surface area contributed by atoms with Crippen molar-refractivity contribution in [1.29, 1.82) is 0 Å². The molecule has 0 spiro atoms. The molecule has 0 radical (unpaired) electrons. The Hall–Kier alpha value is -6.17. The van der Waals surface area contributed by atoms with Gasteiger partial charge in [-0.1, -0.05) is 109 Å². The molecule has 0 aromatic heterocycles. The highest BCUT2D eigenvalue weighted by Crippen LogP contribution is 2.26. The van der Waals surface area contributed by atoms with Crippen molar-refractivity contribution in [3.8, 4) is 0 Å². The molecule has 1 aliphatic heterocycles. The number of nitrogens with zero attached hydrogens (tertiary/aromatic N) is 7. The summed E-state index contributed by atoms with van der Waals surface area (Å²) in [6.07, 6.45) is 2.49. The van der Waals surface area contributed by atoms with Crippen LogP contribution in [0.1, 0.15) is 163 Å². The number of amides is 11. The molecular weight excluding hydrogens is 1130 g/mol. The Labute approximate surface area is 526 Å². The van der Waals surface area contributed by atoms with Gasteiger partial charge in [0.2, 0.25) is 65.0 Å². The van der Waals surface area contributed by atoms with E-state index in [0.29, 0.717) is 0 Å². The summed E-state index contributed by atoms with van der Waals surface area (Å²) in [4.78, 5) is 170. The van der Waals surface area contributed by atoms with Gasteiger partial charge in [0.25, 0.3) is 0 Å². The minimum atomic E-state index is -1.66. The summed E-state index contributed by atoms with van der Waals surface area (Å²) in [5.41, 5.74) is 0. The SMILES string of the molecule is CC=CC[C@@H](C)[C@@H](O)[C@H]1C(=O)N[C@@H](CC)C(=O)N(C)[C@@H](CCO)C(=O)N(C)[C@@H](CC(C)C)C(=O)N[C@@H](C(C)C)C(=O)N(C)[C@@H](CC(C)C)C(=O)N[C@@H](C)C(=O)N[C@H](C)C(=O)N(C)[C@@H](CC(C)C)C(=O)N(C)[C@@H](CC(C)C)C(=O)N(C)[C@@H](C(C)C)C(=O)N1C. The van der Waals surface area contributed by atoms with Crippen molar-refractivity contribution >= 4 is 65.0 Å². The standard InChI is InChI=1S/C64H115N11O13/c1-25-27-28-41(15)53(77)52-57(81)67-44(26-2)59(83)69(18)45(29-30-76)60(84)70(19)47(32-36(5)6)56(80)68-50(39(11)12)63(87)71(20)46(31-35(3)4)55(79)65-42(16)54(78)66-43(17)58(82)72(21)48(33-37(7)8)61(85)73(22)49(34-38(9)10)62(86)74(23)51(40(13)14)64(88)75(52)24/h25,27,35-53,76-77H,26,28-34H2,1-24H3,(H,65,79)(H,66,78)(H,67,81)(H,68,80)/t41-,42+,43-,44+,45+,46+,47+,48+,49+,50+,51+,52+,53-/m1/s1. The number of nitrogens with one attached hydrogen (secondary N) is 4. The van der Waals surface area contributed by atoms with Crippen LogP contribution < -0.4 is 21.3 Å². The number of carbonyl (C=O) groups excluding carboxylic acids is 11. The molecule has 24 heteroatoms. The molecule has 1 heterocycles. The van der Waals surface area contributed by atoms with Crippen LogP contribution in [-0.4, -0.2) is 238 Å². The van der Waals surface area contributed by atoms with Gasteiger partial charge in [0.15, 0.2) is 0 Å². The van der Waals surface area contributed by atoms with Crippen molar-refractivity contribution in [1.82, 2.24) is 55.6 Å². The van der Waals surface area contributed by atoms with E-state index in [-0.39, 0.29) is 68.6 Å². The first-order chi connectivity index (χ1) is 40.7. The fraction of sp³-hybridized carbons (Fsp3) is 0.797. The van der Waals surface area contributed by atoms with Crippen LogP contribution in [0.5, 0.6) is 0 Å². The van der Waals surface area contributed by atoms with Crippen LogP contribution in [0, 0.1) is 41.4 Å². The Balaban J connectivity index is 4.45. The number of hydrogen-bond acceptors (Lipinski definition) is 13. The van der Waals surface area contributed by atoms with Crippen LogP contribution in [0.3, 0.4) is 0 Å². The van der Waals surface area contributed by atoms with Crippen LogP contribution in [0.15, 0.2) is 12.2 Å². The summed E-state index contributed by atoms with van der Waals surface area (Å²) in [5.74, 6) is -10.3. The van der Waals surface area contributed by atoms with Gasteiger partial charge in [-0.2, -0.15) is 0 Å². The zero-order valence-corrected chi connectivity index (χ0v) is 57.8. The molecule has 0 saturated carbocycles. The molecule has 1 fully saturated rings. The Bertz CT molecular complexity index is 2400. The maximum absolute atomic E-state index is 15.2. The zero-order chi connectivity index (χ0) is 68.3. The first kappa shape index (κ1) is 79.8. The van der Waals surface area contributed by atoms with Gasteiger partial charge in [0.05, 0.1) is 6.10 Å². The molecule has 0 unspecified atom stereocenters. The first-order valence-electron chi connectivity index (χ1n) is 31.7. The smallest absolute Gasteiger partial charge is 0.246 e. The van der Waals surface area contributed by atoms with E-state index in [2.05, 4.69) is 21.3 Å². The highest BCUT2D eigenvalue weighted by molar-refractivity contribution is 6.00. The van der Waals surface area contributed by atoms with Gasteiger partial charge in [-0.25, -0.2) is 0 Å². The summed E-state index contributed by atoms with van der Waals surface area (Å²) in [6, 6.07) is -14.1. The monoisotopic (exact) mass is 1250 g/mol. The Kier molecular flexibility index (Phi) is 33.1. The summed E-state index contributed by atoms with van der Waals surface area (Å²) in [6.45, 7) is 29.1. The maximum Gasteiger partial charge on any atom is 0.246 e. The molecule has 6 N–H and O–H groups in total. The van der Waals surface area contributed by atoms with Crippen molar-refractivity contribution in [3.05, 3.63) is 12.2 Å². The lowest BCUT2D eigenvalue weighted by Gasteiger charge is -2.41. The fourth-order valence-corrected chi connectivity index (χ4v) is 11.2. The van der Waals surface area contributed by atoms with E-state index in [1.54, 1.807) is 60.6 Å². The van der Waals surface area contributed by atoms with Gasteiger partial charge in [0.1, 0.15) is 66.5 Å². The number of aliphatic hydroxyl groups excluding tert-OH is 2. The van der Waals surface area contributed by atoms with Gasteiger partial charge in [-0.05, 0) is 107 Å². The average Bonchev–Trinajstić information content (AvgIpc) is 1.33. The van der Waals surface area contributed by atoms with Gasteiger partial charge < -0.3 is 65.8 Å². The van der Waals surface area contributed by atoms with Crippen molar-refractivity contribution < 1.29 is 63.0 Å². The van der Waals surface area contributed by atoms with E-state index in [1.807, 2.05) is 55.4 Å². The van der Waals surface area contributed by atoms with Gasteiger partial charge >= 0.3 is 0 Å². The largest absolute Gasteiger partial charge is 0.396 e. The fourth-order valence-electron chi connectivity index (χ4n) is 11.2. The summed E-state index contributed by atoms with van der Waals surface area (Å²) in [7, 11) is 9.78. The Morgan fingerprint density at radius 3 is 1.25 bits per heavy atom. The number of aliphatic hydroxyl groups is 2. The second kappa shape index (κ2) is 36.5. The molecule has 11 amide bonds. The van der Waals surface area contributed by atoms with E-state index >= 15 is 9.59 Å². The van der Waals surface area contributed by atoms with Gasteiger partial charge in [-0.3, -0.25) is 52.7 Å². The number of hydrogen-bond donors (Lipinski definition) is 6. The van der Waals surface area contributed by atoms with Crippen molar-refractivity contribution in [2.75, 3.05) is 55.9 Å². The Morgan fingerprint density at radius 2 is 0.818 bits per heavy atom. The van der Waals surface area contributed by atoms with Crippen LogP contribution in [0.25, 0.3) is 0 Å². The first-order valence-corrected chi connectivity index (χ1v) is 31.7. The normalized spacial score (nSPS) is 27.2. The summed E-state index contributed by atoms with van der Waals surface area (Å²) < 4.78 is 0. The lowest BCUT2D eigenvalue weighted by atomic mass is 9.91. The molecule has 1 aliphatic rings. The highest BCUT2D eigenvalue weighted by atomic mass is 16.3. The lowest BCUT2D eigenvalue weighted by molar-refractivity contribution is -0.157. The van der Waals surface area contributed by atoms with Gasteiger partial charge in [-0.15, -0.1) is 0 Å². The van der Waals surface area contributed by atoms with E-state index < -0.39 is 162 Å². The third kappa shape index (κ3) is 21.8. The zero-order valence-electron chi connectivity index (χ0n) is 57.8. The predicted molar refractivity (Wildman–Crippen MR) is 339 cm³/mol. The van der Waals surface area contributed by atoms with Crippen LogP contribution in [0.2, 0.25) is 0 Å². The quantitative estimate of drug-likeness (QED) is 0.114. The topological polar surface area (TPSA) is 299 Å². The molecule has 0 bridgehead atoms. The lowest BCUT2D eigenvalue weighted by Crippen LogP contribution is -2.64. The van der Waals surface area contributed by atoms with Gasteiger partial charge in [0, 0.05) is 55.9 Å². The van der Waals surface area contributed by atoms with E-state index in [1.165, 1.54) is 87.7 Å². The van der Waals surface area contributed by atoms with E-state index in [4.69, 9.17) is 0 Å². The second-order valence-corrected chi connectivity index (χ2v) is 26.8. The van der Waals surface area contributed by atoms with E-state index in [9.17, 15) is 53.4 Å². The molecule has 24 nitrogen and oxygen atoms in total. The minimum absolute atomic E-state index is 0.0408. The molecule has 1 rings (SSSR count). The maximum atomic E-state index is 15.2. The van der Waals surface area contributed by atoms with Crippen molar-refractivity contribution in [3.63, 3.8) is 0 Å². The third-order valence-electron chi connectivity index (χ3n) is 16.8. The third-order valence-corrected chi connectivity index (χ3v) is 16.8. The van der Waals surface area contributed by atoms with Crippen molar-refractivity contribution in [2.24, 2.45) is 41.4 Å². The van der Waals surface area contributed by atoms with Crippen molar-refractivity contribution in [2.45, 2.75) is 235 Å². The van der Waals surface area contributed by atoms with Crippen LogP contribution in [-0.2, 0) is 52.7 Å². The average molecular weight is 1250 g/mol. The number of allylic oxidation sites excluding steroid dienone is 2. The number of carbonyl (C=O) groups is 11. The molecular formula is C64H115N11O13. The number of likely N-dealkylation sites (N-methyl/N-ethyl adjacent to an activating group) is 7. The highest BCUT2D eigenvalue weighted by Gasteiger charge is 2.46. The molecule has 0 aliphatic carbocycles. The summed E-state index contributed by atoms with van der Waals surface area (Å²) in [5, 5.41) is 33.5. The number of rotatable bonds is 17. The Morgan fingerprint density at radius 1 is 0.432 bits per heavy atom. The molecule has 0 aromatic carbocycles. The molecule has 1 saturated heterocycles. The van der Waals surface area contributed by atoms with E-state index in [0.717, 1.165) is 9.80 Å². The second-order valence-electron chi connectivity index (χ2n) is 26.8. The predicted octanol–water partition coefficient (Wildman–Crippen LogP) is 3.02. The molecule has 88 heavy (non-hydrogen) atoms. The van der Waals surface area contributed by atoms with Crippen LogP contribution in [0.4, 0.5) is 0 Å².